The number of rotatable bonds is 6. The maximum atomic E-state index is 11.7. The molecule has 96 valence electrons. The first-order valence-electron chi connectivity index (χ1n) is 5.65. The van der Waals surface area contributed by atoms with Crippen molar-refractivity contribution in [3.63, 3.8) is 0 Å². The lowest BCUT2D eigenvalue weighted by atomic mass is 10.4. The van der Waals surface area contributed by atoms with Crippen molar-refractivity contribution >= 4 is 17.2 Å². The van der Waals surface area contributed by atoms with E-state index >= 15 is 0 Å². The predicted octanol–water partition coefficient (Wildman–Crippen LogP) is 0.337. The fourth-order valence-electron chi connectivity index (χ4n) is 1.43. The van der Waals surface area contributed by atoms with Crippen LogP contribution in [0.2, 0.25) is 0 Å². The van der Waals surface area contributed by atoms with Gasteiger partial charge in [0, 0.05) is 18.0 Å². The molecule has 0 bridgehead atoms. The number of carbonyl (C=O) groups is 1. The molecule has 0 atom stereocenters. The van der Waals surface area contributed by atoms with E-state index in [0.29, 0.717) is 18.8 Å². The van der Waals surface area contributed by atoms with Gasteiger partial charge in [0.25, 0.3) is 5.91 Å². The Morgan fingerprint density at radius 3 is 3.11 bits per heavy atom. The summed E-state index contributed by atoms with van der Waals surface area (Å²) in [7, 11) is 1.84. The summed E-state index contributed by atoms with van der Waals surface area (Å²) in [5.41, 5.74) is 0.350. The summed E-state index contributed by atoms with van der Waals surface area (Å²) in [5, 5.41) is 15.5. The highest BCUT2D eigenvalue weighted by Gasteiger charge is 2.10. The van der Waals surface area contributed by atoms with Gasteiger partial charge >= 0.3 is 0 Å². The Hall–Kier alpha value is -1.73. The maximum Gasteiger partial charge on any atom is 0.273 e. The third-order valence-corrected chi connectivity index (χ3v) is 3.19. The van der Waals surface area contributed by atoms with E-state index < -0.39 is 0 Å². The smallest absolute Gasteiger partial charge is 0.273 e. The highest BCUT2D eigenvalue weighted by Crippen LogP contribution is 2.09. The molecule has 0 aliphatic carbocycles. The van der Waals surface area contributed by atoms with E-state index in [2.05, 4.69) is 20.9 Å². The first-order chi connectivity index (χ1) is 8.79. The summed E-state index contributed by atoms with van der Waals surface area (Å²) in [5.74, 6) is -0.192. The zero-order valence-electron chi connectivity index (χ0n) is 10.1. The minimum absolute atomic E-state index is 0.192. The largest absolute Gasteiger partial charge is 0.349 e. The molecule has 0 fully saturated rings. The van der Waals surface area contributed by atoms with Crippen LogP contribution in [0, 0.1) is 0 Å². The Morgan fingerprint density at radius 1 is 1.50 bits per heavy atom. The number of hydrogen-bond acceptors (Lipinski definition) is 5. The van der Waals surface area contributed by atoms with Crippen molar-refractivity contribution in [2.75, 3.05) is 20.1 Å². The van der Waals surface area contributed by atoms with E-state index in [4.69, 9.17) is 0 Å². The molecule has 2 aromatic rings. The minimum Gasteiger partial charge on any atom is -0.349 e. The maximum absolute atomic E-state index is 11.7. The van der Waals surface area contributed by atoms with Gasteiger partial charge in [-0.25, -0.2) is 4.68 Å². The Labute approximate surface area is 109 Å². The molecular formula is C11H15N5OS. The molecule has 1 amide bonds. The summed E-state index contributed by atoms with van der Waals surface area (Å²) < 4.78 is 1.67. The zero-order valence-corrected chi connectivity index (χ0v) is 10.9. The van der Waals surface area contributed by atoms with Crippen LogP contribution in [0.1, 0.15) is 15.4 Å². The van der Waals surface area contributed by atoms with Crippen LogP contribution in [0.15, 0.2) is 23.7 Å². The van der Waals surface area contributed by atoms with Crippen LogP contribution >= 0.6 is 11.3 Å². The van der Waals surface area contributed by atoms with Gasteiger partial charge < -0.3 is 10.6 Å². The molecule has 0 saturated heterocycles. The number of nitrogens with zero attached hydrogens (tertiary/aromatic N) is 3. The number of nitrogens with one attached hydrogen (secondary N) is 2. The Bertz CT molecular complexity index is 493. The van der Waals surface area contributed by atoms with Crippen LogP contribution in [-0.4, -0.2) is 41.0 Å². The molecule has 0 aliphatic rings. The molecule has 0 unspecified atom stereocenters. The van der Waals surface area contributed by atoms with Gasteiger partial charge in [-0.05, 0) is 18.5 Å². The number of likely N-dealkylation sites (N-methyl/N-ethyl adjacent to an activating group) is 1. The summed E-state index contributed by atoms with van der Waals surface area (Å²) in [6, 6.07) is 4.02. The predicted molar refractivity (Wildman–Crippen MR) is 69.7 cm³/mol. The molecule has 0 radical (unpaired) electrons. The molecule has 18 heavy (non-hydrogen) atoms. The second-order valence-electron chi connectivity index (χ2n) is 3.74. The molecule has 0 spiro atoms. The Balaban J connectivity index is 1.91. The molecular weight excluding hydrogens is 250 g/mol. The van der Waals surface area contributed by atoms with Gasteiger partial charge in [0.05, 0.1) is 12.7 Å². The van der Waals surface area contributed by atoms with Crippen LogP contribution < -0.4 is 10.6 Å². The van der Waals surface area contributed by atoms with Crippen LogP contribution in [0.25, 0.3) is 0 Å². The molecule has 7 heteroatoms. The topological polar surface area (TPSA) is 71.8 Å². The molecule has 0 aromatic carbocycles. The fraction of sp³-hybridized carbons (Fsp3) is 0.364. The number of amides is 1. The second kappa shape index (κ2) is 6.27. The van der Waals surface area contributed by atoms with Crippen molar-refractivity contribution in [1.29, 1.82) is 0 Å². The van der Waals surface area contributed by atoms with E-state index in [1.807, 2.05) is 24.6 Å². The lowest BCUT2D eigenvalue weighted by Crippen LogP contribution is -2.30. The average Bonchev–Trinajstić information content (AvgIpc) is 3.01. The van der Waals surface area contributed by atoms with E-state index in [0.717, 1.165) is 6.54 Å². The zero-order chi connectivity index (χ0) is 12.8. The third kappa shape index (κ3) is 3.38. The Kier molecular flexibility index (Phi) is 4.43. The molecule has 2 N–H and O–H groups in total. The van der Waals surface area contributed by atoms with Crippen molar-refractivity contribution in [3.05, 3.63) is 34.3 Å². The van der Waals surface area contributed by atoms with Crippen LogP contribution in [-0.2, 0) is 6.54 Å². The highest BCUT2D eigenvalue weighted by molar-refractivity contribution is 7.09. The number of aromatic nitrogens is 3. The normalized spacial score (nSPS) is 10.5. The summed E-state index contributed by atoms with van der Waals surface area (Å²) in [6.07, 6.45) is 1.66. The first kappa shape index (κ1) is 12.7. The first-order valence-corrected chi connectivity index (χ1v) is 6.53. The van der Waals surface area contributed by atoms with Crippen molar-refractivity contribution < 1.29 is 4.79 Å². The van der Waals surface area contributed by atoms with E-state index in [9.17, 15) is 4.79 Å². The number of hydrogen-bond donors (Lipinski definition) is 2. The summed E-state index contributed by atoms with van der Waals surface area (Å²) in [6.45, 7) is 1.96. The highest BCUT2D eigenvalue weighted by atomic mass is 32.1. The minimum atomic E-state index is -0.192. The van der Waals surface area contributed by atoms with Gasteiger partial charge in [0.2, 0.25) is 0 Å². The standard InChI is InChI=1S/C11H15N5OS/c1-12-4-5-13-11(17)10-8-16(15-14-10)7-9-3-2-6-18-9/h2-3,6,8,12H,4-5,7H2,1H3,(H,13,17). The summed E-state index contributed by atoms with van der Waals surface area (Å²) in [4.78, 5) is 12.9. The van der Waals surface area contributed by atoms with Crippen molar-refractivity contribution in [2.24, 2.45) is 0 Å². The van der Waals surface area contributed by atoms with Gasteiger partial charge in [0.1, 0.15) is 0 Å². The molecule has 2 rings (SSSR count). The average molecular weight is 265 g/mol. The molecule has 0 saturated carbocycles. The van der Waals surface area contributed by atoms with Gasteiger partial charge in [-0.1, -0.05) is 11.3 Å². The van der Waals surface area contributed by atoms with E-state index in [1.54, 1.807) is 22.2 Å². The van der Waals surface area contributed by atoms with Gasteiger partial charge in [0.15, 0.2) is 5.69 Å². The second-order valence-corrected chi connectivity index (χ2v) is 4.77. The van der Waals surface area contributed by atoms with Crippen LogP contribution in [0.5, 0.6) is 0 Å². The van der Waals surface area contributed by atoms with Gasteiger partial charge in [-0.3, -0.25) is 4.79 Å². The fourth-order valence-corrected chi connectivity index (χ4v) is 2.13. The van der Waals surface area contributed by atoms with Gasteiger partial charge in [-0.15, -0.1) is 16.4 Å². The number of thiophene rings is 1. The monoisotopic (exact) mass is 265 g/mol. The molecule has 6 nitrogen and oxygen atoms in total. The quantitative estimate of drug-likeness (QED) is 0.739. The number of carbonyl (C=O) groups excluding carboxylic acids is 1. The van der Waals surface area contributed by atoms with Crippen LogP contribution in [0.4, 0.5) is 0 Å². The molecule has 2 heterocycles. The summed E-state index contributed by atoms with van der Waals surface area (Å²) >= 11 is 1.65. The SMILES string of the molecule is CNCCNC(=O)c1cn(Cc2cccs2)nn1. The van der Waals surface area contributed by atoms with E-state index in [1.165, 1.54) is 4.88 Å². The van der Waals surface area contributed by atoms with Crippen molar-refractivity contribution in [3.8, 4) is 0 Å². The van der Waals surface area contributed by atoms with Crippen molar-refractivity contribution in [2.45, 2.75) is 6.54 Å². The third-order valence-electron chi connectivity index (χ3n) is 2.33. The van der Waals surface area contributed by atoms with E-state index in [-0.39, 0.29) is 5.91 Å². The van der Waals surface area contributed by atoms with Crippen LogP contribution in [0.3, 0.4) is 0 Å². The molecule has 2 aromatic heterocycles. The lowest BCUT2D eigenvalue weighted by Gasteiger charge is -2.00. The van der Waals surface area contributed by atoms with Crippen molar-refractivity contribution in [1.82, 2.24) is 25.6 Å². The van der Waals surface area contributed by atoms with Gasteiger partial charge in [-0.2, -0.15) is 0 Å². The molecule has 0 aliphatic heterocycles. The lowest BCUT2D eigenvalue weighted by molar-refractivity contribution is 0.0949. The Morgan fingerprint density at radius 2 is 2.39 bits per heavy atom.